The van der Waals surface area contributed by atoms with E-state index in [1.54, 1.807) is 0 Å². The fraction of sp³-hybridized carbons (Fsp3) is 0. The standard InChI is InChI=1S/C4H5NO3Si/c6-3-1-2(8-9)4(7)5-3/h1H,9H3,(H,5,6,7). The Morgan fingerprint density at radius 2 is 2.22 bits per heavy atom. The predicted molar refractivity (Wildman–Crippen MR) is 32.3 cm³/mol. The van der Waals surface area contributed by atoms with Crippen LogP contribution in [0.5, 0.6) is 0 Å². The second-order valence-corrected chi connectivity index (χ2v) is 1.94. The van der Waals surface area contributed by atoms with E-state index < -0.39 is 11.8 Å². The van der Waals surface area contributed by atoms with Crippen molar-refractivity contribution in [3.63, 3.8) is 0 Å². The highest BCUT2D eigenvalue weighted by molar-refractivity contribution is 6.17. The molecule has 0 aliphatic carbocycles. The Bertz CT molecular complexity index is 198. The zero-order valence-electron chi connectivity index (χ0n) is 4.80. The fourth-order valence-corrected chi connectivity index (χ4v) is 0.849. The summed E-state index contributed by atoms with van der Waals surface area (Å²) in [6, 6.07) is 0. The number of hydrogen-bond acceptors (Lipinski definition) is 3. The van der Waals surface area contributed by atoms with Crippen LogP contribution < -0.4 is 5.32 Å². The topological polar surface area (TPSA) is 55.4 Å². The van der Waals surface area contributed by atoms with Gasteiger partial charge in [-0.2, -0.15) is 0 Å². The summed E-state index contributed by atoms with van der Waals surface area (Å²) in [6.07, 6.45) is 1.15. The monoisotopic (exact) mass is 143 g/mol. The number of carbonyl (C=O) groups excluding carboxylic acids is 2. The largest absolute Gasteiger partial charge is 0.549 e. The average molecular weight is 143 g/mol. The van der Waals surface area contributed by atoms with E-state index >= 15 is 0 Å². The van der Waals surface area contributed by atoms with Crippen LogP contribution in [0, 0.1) is 0 Å². The summed E-state index contributed by atoms with van der Waals surface area (Å²) in [7, 11) is 0.430. The van der Waals surface area contributed by atoms with E-state index in [9.17, 15) is 9.59 Å². The van der Waals surface area contributed by atoms with Crippen LogP contribution in [0.25, 0.3) is 0 Å². The van der Waals surface area contributed by atoms with E-state index in [0.717, 1.165) is 6.08 Å². The summed E-state index contributed by atoms with van der Waals surface area (Å²) in [5.74, 6) is -0.701. The van der Waals surface area contributed by atoms with Crippen LogP contribution in [0.4, 0.5) is 0 Å². The molecule has 4 nitrogen and oxygen atoms in total. The Balaban J connectivity index is 2.80. The molecule has 0 fully saturated rings. The molecule has 1 rings (SSSR count). The van der Waals surface area contributed by atoms with Gasteiger partial charge in [-0.15, -0.1) is 0 Å². The minimum absolute atomic E-state index is 0.131. The van der Waals surface area contributed by atoms with Crippen LogP contribution >= 0.6 is 0 Å². The smallest absolute Gasteiger partial charge is 0.291 e. The molecule has 0 spiro atoms. The molecular weight excluding hydrogens is 138 g/mol. The van der Waals surface area contributed by atoms with Crippen molar-refractivity contribution < 1.29 is 14.0 Å². The van der Waals surface area contributed by atoms with E-state index in [1.807, 2.05) is 5.32 Å². The van der Waals surface area contributed by atoms with Crippen LogP contribution in [0.1, 0.15) is 0 Å². The van der Waals surface area contributed by atoms with Crippen LogP contribution in [0.2, 0.25) is 0 Å². The molecule has 5 heteroatoms. The lowest BCUT2D eigenvalue weighted by Crippen LogP contribution is -2.22. The van der Waals surface area contributed by atoms with Crippen molar-refractivity contribution in [1.82, 2.24) is 5.32 Å². The molecule has 1 heterocycles. The van der Waals surface area contributed by atoms with E-state index in [0.29, 0.717) is 10.5 Å². The van der Waals surface area contributed by atoms with Gasteiger partial charge in [0.2, 0.25) is 10.5 Å². The molecule has 9 heavy (non-hydrogen) atoms. The van der Waals surface area contributed by atoms with Gasteiger partial charge in [-0.25, -0.2) is 0 Å². The van der Waals surface area contributed by atoms with E-state index in [-0.39, 0.29) is 5.76 Å². The van der Waals surface area contributed by atoms with Crippen molar-refractivity contribution >= 4 is 22.3 Å². The van der Waals surface area contributed by atoms with Crippen LogP contribution in [0.3, 0.4) is 0 Å². The van der Waals surface area contributed by atoms with Crippen LogP contribution in [-0.2, 0) is 14.0 Å². The molecule has 0 saturated heterocycles. The molecule has 0 atom stereocenters. The Morgan fingerprint density at radius 1 is 1.56 bits per heavy atom. The van der Waals surface area contributed by atoms with Crippen molar-refractivity contribution in [1.29, 1.82) is 0 Å². The van der Waals surface area contributed by atoms with Gasteiger partial charge in [-0.3, -0.25) is 14.9 Å². The minimum Gasteiger partial charge on any atom is -0.549 e. The molecule has 0 radical (unpaired) electrons. The van der Waals surface area contributed by atoms with Crippen molar-refractivity contribution in [3.8, 4) is 0 Å². The zero-order valence-corrected chi connectivity index (χ0v) is 6.80. The number of imide groups is 1. The van der Waals surface area contributed by atoms with Gasteiger partial charge in [-0.05, 0) is 0 Å². The van der Waals surface area contributed by atoms with Crippen LogP contribution in [-0.4, -0.2) is 22.3 Å². The first-order chi connectivity index (χ1) is 4.24. The minimum atomic E-state index is -0.435. The second kappa shape index (κ2) is 2.02. The maximum atomic E-state index is 10.5. The van der Waals surface area contributed by atoms with Crippen molar-refractivity contribution in [2.24, 2.45) is 0 Å². The first-order valence-corrected chi connectivity index (χ1v) is 3.16. The molecule has 0 bridgehead atoms. The predicted octanol–water partition coefficient (Wildman–Crippen LogP) is -2.18. The summed E-state index contributed by atoms with van der Waals surface area (Å²) in [5, 5.41) is 2.04. The number of amides is 2. The van der Waals surface area contributed by atoms with Crippen molar-refractivity contribution in [3.05, 3.63) is 11.8 Å². The lowest BCUT2D eigenvalue weighted by atomic mass is 10.5. The molecule has 0 aromatic rings. The molecule has 0 aromatic carbocycles. The van der Waals surface area contributed by atoms with Gasteiger partial charge in [0.15, 0.2) is 5.76 Å². The maximum absolute atomic E-state index is 10.5. The Kier molecular flexibility index (Phi) is 1.35. The van der Waals surface area contributed by atoms with Crippen molar-refractivity contribution in [2.45, 2.75) is 0 Å². The Morgan fingerprint density at radius 3 is 2.44 bits per heavy atom. The summed E-state index contributed by atoms with van der Waals surface area (Å²) in [6.45, 7) is 0. The molecule has 0 aromatic heterocycles. The molecular formula is C4H5NO3Si. The molecule has 2 amide bonds. The van der Waals surface area contributed by atoms with E-state index in [1.165, 1.54) is 0 Å². The van der Waals surface area contributed by atoms with E-state index in [4.69, 9.17) is 0 Å². The average Bonchev–Trinajstić information content (AvgIpc) is 2.10. The number of carbonyl (C=O) groups is 2. The quantitative estimate of drug-likeness (QED) is 0.335. The highest BCUT2D eigenvalue weighted by atomic mass is 28.2. The van der Waals surface area contributed by atoms with Gasteiger partial charge >= 0.3 is 0 Å². The zero-order chi connectivity index (χ0) is 6.85. The van der Waals surface area contributed by atoms with Crippen LogP contribution in [0.15, 0.2) is 11.8 Å². The van der Waals surface area contributed by atoms with E-state index in [2.05, 4.69) is 4.43 Å². The van der Waals surface area contributed by atoms with Gasteiger partial charge in [0.1, 0.15) is 0 Å². The normalized spacial score (nSPS) is 17.6. The molecule has 0 unspecified atom stereocenters. The third kappa shape index (κ3) is 0.994. The molecule has 1 aliphatic heterocycles. The summed E-state index contributed by atoms with van der Waals surface area (Å²) in [5.41, 5.74) is 0. The number of rotatable bonds is 1. The SMILES string of the molecule is O=C1C=C(O[SiH3])C(=O)N1. The second-order valence-electron chi connectivity index (χ2n) is 1.53. The van der Waals surface area contributed by atoms with Crippen molar-refractivity contribution in [2.75, 3.05) is 0 Å². The highest BCUT2D eigenvalue weighted by Gasteiger charge is 2.19. The first-order valence-electron chi connectivity index (χ1n) is 2.35. The summed E-state index contributed by atoms with van der Waals surface area (Å²) in [4.78, 5) is 20.9. The lowest BCUT2D eigenvalue weighted by molar-refractivity contribution is -0.124. The third-order valence-corrected chi connectivity index (χ3v) is 1.38. The first kappa shape index (κ1) is 6.02. The summed E-state index contributed by atoms with van der Waals surface area (Å²) >= 11 is 0. The molecule has 48 valence electrons. The molecule has 1 aliphatic rings. The van der Waals surface area contributed by atoms with Gasteiger partial charge in [0.05, 0.1) is 0 Å². The van der Waals surface area contributed by atoms with Gasteiger partial charge < -0.3 is 4.43 Å². The third-order valence-electron chi connectivity index (χ3n) is 0.943. The molecule has 0 saturated carbocycles. The number of hydrogen-bond donors (Lipinski definition) is 1. The molecule has 1 N–H and O–H groups in total. The Labute approximate surface area is 54.4 Å². The lowest BCUT2D eigenvalue weighted by Gasteiger charge is -1.94. The maximum Gasteiger partial charge on any atom is 0.291 e. The van der Waals surface area contributed by atoms with Gasteiger partial charge in [0, 0.05) is 6.08 Å². The van der Waals surface area contributed by atoms with Gasteiger partial charge in [-0.1, -0.05) is 0 Å². The van der Waals surface area contributed by atoms with Gasteiger partial charge in [0.25, 0.3) is 11.8 Å². The summed E-state index contributed by atoms with van der Waals surface area (Å²) < 4.78 is 4.66. The Hall–Kier alpha value is -1.10. The fourth-order valence-electron chi connectivity index (χ4n) is 0.546. The highest BCUT2D eigenvalue weighted by Crippen LogP contribution is 2.00. The number of nitrogens with one attached hydrogen (secondary N) is 1.